The van der Waals surface area contributed by atoms with Crippen LogP contribution in [0.25, 0.3) is 0 Å². The van der Waals surface area contributed by atoms with E-state index in [9.17, 15) is 0 Å². The number of rotatable bonds is 6. The summed E-state index contributed by atoms with van der Waals surface area (Å²) < 4.78 is 5.06. The fraction of sp³-hybridized carbons (Fsp3) is 0.357. The van der Waals surface area contributed by atoms with E-state index < -0.39 is 0 Å². The van der Waals surface area contributed by atoms with E-state index in [2.05, 4.69) is 27.2 Å². The molecule has 2 aromatic heterocycles. The van der Waals surface area contributed by atoms with Gasteiger partial charge in [-0.2, -0.15) is 0 Å². The van der Waals surface area contributed by atoms with Crippen LogP contribution in [0.5, 0.6) is 5.88 Å². The normalized spacial score (nSPS) is 12.1. The Balaban J connectivity index is 2.11. The van der Waals surface area contributed by atoms with Gasteiger partial charge >= 0.3 is 0 Å². The summed E-state index contributed by atoms with van der Waals surface area (Å²) in [6, 6.07) is 4.10. The molecule has 5 nitrogen and oxygen atoms in total. The van der Waals surface area contributed by atoms with Crippen LogP contribution in [-0.4, -0.2) is 28.6 Å². The first-order valence-corrected chi connectivity index (χ1v) is 6.30. The Labute approximate surface area is 113 Å². The van der Waals surface area contributed by atoms with Gasteiger partial charge in [-0.1, -0.05) is 13.0 Å². The van der Waals surface area contributed by atoms with Gasteiger partial charge in [-0.25, -0.2) is 15.0 Å². The molecular weight excluding hydrogens is 240 g/mol. The molecule has 0 amide bonds. The average molecular weight is 258 g/mol. The molecule has 0 aromatic carbocycles. The Morgan fingerprint density at radius 1 is 1.21 bits per heavy atom. The van der Waals surface area contributed by atoms with Gasteiger partial charge < -0.3 is 10.1 Å². The topological polar surface area (TPSA) is 59.9 Å². The van der Waals surface area contributed by atoms with E-state index in [4.69, 9.17) is 4.74 Å². The number of hydrogen-bond donors (Lipinski definition) is 1. The minimum Gasteiger partial charge on any atom is -0.481 e. The van der Waals surface area contributed by atoms with Crippen LogP contribution >= 0.6 is 0 Å². The summed E-state index contributed by atoms with van der Waals surface area (Å²) in [5.74, 6) is 0.631. The fourth-order valence-corrected chi connectivity index (χ4v) is 1.93. The molecule has 0 aliphatic heterocycles. The van der Waals surface area contributed by atoms with Crippen molar-refractivity contribution in [1.82, 2.24) is 20.3 Å². The Morgan fingerprint density at radius 3 is 2.58 bits per heavy atom. The number of methoxy groups -OCH3 is 1. The van der Waals surface area contributed by atoms with Crippen LogP contribution < -0.4 is 10.1 Å². The van der Waals surface area contributed by atoms with Crippen LogP contribution in [0.2, 0.25) is 0 Å². The van der Waals surface area contributed by atoms with E-state index in [1.54, 1.807) is 13.4 Å². The first-order valence-electron chi connectivity index (χ1n) is 6.30. The van der Waals surface area contributed by atoms with E-state index in [0.717, 1.165) is 24.1 Å². The number of aromatic nitrogens is 3. The molecule has 1 atom stereocenters. The van der Waals surface area contributed by atoms with Crippen molar-refractivity contribution in [2.75, 3.05) is 13.7 Å². The Kier molecular flexibility index (Phi) is 4.80. The highest BCUT2D eigenvalue weighted by atomic mass is 16.5. The van der Waals surface area contributed by atoms with E-state index in [-0.39, 0.29) is 6.04 Å². The molecule has 2 heterocycles. The lowest BCUT2D eigenvalue weighted by molar-refractivity contribution is 0.397. The Hall–Kier alpha value is -2.01. The quantitative estimate of drug-likeness (QED) is 0.855. The second kappa shape index (κ2) is 6.80. The molecular formula is C14H18N4O. The smallest absolute Gasteiger partial charge is 0.212 e. The van der Waals surface area contributed by atoms with Gasteiger partial charge in [-0.15, -0.1) is 0 Å². The van der Waals surface area contributed by atoms with Crippen molar-refractivity contribution < 1.29 is 4.74 Å². The van der Waals surface area contributed by atoms with E-state index >= 15 is 0 Å². The Bertz CT molecular complexity index is 487. The van der Waals surface area contributed by atoms with Gasteiger partial charge in [-0.3, -0.25) is 0 Å². The number of likely N-dealkylation sites (N-methyl/N-ethyl adjacent to an activating group) is 1. The first kappa shape index (κ1) is 13.4. The highest BCUT2D eigenvalue weighted by molar-refractivity contribution is 5.21. The highest BCUT2D eigenvalue weighted by Gasteiger charge is 2.12. The van der Waals surface area contributed by atoms with Gasteiger partial charge in [0.15, 0.2) is 0 Å². The number of hydrogen-bond acceptors (Lipinski definition) is 5. The maximum absolute atomic E-state index is 5.06. The van der Waals surface area contributed by atoms with Gasteiger partial charge in [0, 0.05) is 36.3 Å². The van der Waals surface area contributed by atoms with Crippen LogP contribution in [0.4, 0.5) is 0 Å². The minimum absolute atomic E-state index is 0.196. The van der Waals surface area contributed by atoms with Crippen molar-refractivity contribution in [1.29, 1.82) is 0 Å². The fourth-order valence-electron chi connectivity index (χ4n) is 1.93. The van der Waals surface area contributed by atoms with Crippen molar-refractivity contribution in [3.05, 3.63) is 48.2 Å². The van der Waals surface area contributed by atoms with Crippen LogP contribution in [0.1, 0.15) is 24.1 Å². The van der Waals surface area contributed by atoms with Crippen molar-refractivity contribution in [3.8, 4) is 5.88 Å². The zero-order valence-corrected chi connectivity index (χ0v) is 11.2. The zero-order valence-electron chi connectivity index (χ0n) is 11.2. The van der Waals surface area contributed by atoms with E-state index in [0.29, 0.717) is 5.88 Å². The summed E-state index contributed by atoms with van der Waals surface area (Å²) in [5.41, 5.74) is 2.23. The lowest BCUT2D eigenvalue weighted by Gasteiger charge is -2.17. The molecule has 0 saturated carbocycles. The van der Waals surface area contributed by atoms with Crippen LogP contribution in [0.15, 0.2) is 37.1 Å². The molecule has 19 heavy (non-hydrogen) atoms. The molecule has 2 aromatic rings. The standard InChI is InChI=1S/C14H18N4O/c1-3-17-13(12-8-15-10-16-9-12)6-11-4-5-14(19-2)18-7-11/h4-5,7-10,13,17H,3,6H2,1-2H3. The van der Waals surface area contributed by atoms with Gasteiger partial charge in [0.25, 0.3) is 0 Å². The summed E-state index contributed by atoms with van der Waals surface area (Å²) in [6.07, 6.45) is 7.92. The second-order valence-corrected chi connectivity index (χ2v) is 4.20. The summed E-state index contributed by atoms with van der Waals surface area (Å²) in [5, 5.41) is 3.44. The number of nitrogens with zero attached hydrogens (tertiary/aromatic N) is 3. The van der Waals surface area contributed by atoms with E-state index in [1.807, 2.05) is 30.7 Å². The predicted molar refractivity (Wildman–Crippen MR) is 72.9 cm³/mol. The summed E-state index contributed by atoms with van der Waals surface area (Å²) in [7, 11) is 1.62. The lowest BCUT2D eigenvalue weighted by Crippen LogP contribution is -2.23. The third-order valence-corrected chi connectivity index (χ3v) is 2.88. The van der Waals surface area contributed by atoms with E-state index in [1.165, 1.54) is 0 Å². The SMILES string of the molecule is CCNC(Cc1ccc(OC)nc1)c1cncnc1. The monoisotopic (exact) mass is 258 g/mol. The van der Waals surface area contributed by atoms with Gasteiger partial charge in [0.2, 0.25) is 5.88 Å². The van der Waals surface area contributed by atoms with Gasteiger partial charge in [-0.05, 0) is 18.5 Å². The number of pyridine rings is 1. The van der Waals surface area contributed by atoms with Crippen molar-refractivity contribution in [2.24, 2.45) is 0 Å². The lowest BCUT2D eigenvalue weighted by atomic mass is 10.0. The molecule has 100 valence electrons. The molecule has 0 aliphatic rings. The molecule has 0 fully saturated rings. The average Bonchev–Trinajstić information content (AvgIpc) is 2.48. The third-order valence-electron chi connectivity index (χ3n) is 2.88. The summed E-state index contributed by atoms with van der Waals surface area (Å²) in [6.45, 7) is 2.98. The number of ether oxygens (including phenoxy) is 1. The maximum atomic E-state index is 5.06. The molecule has 2 rings (SSSR count). The molecule has 0 radical (unpaired) electrons. The van der Waals surface area contributed by atoms with Crippen molar-refractivity contribution >= 4 is 0 Å². The molecule has 0 saturated heterocycles. The minimum atomic E-state index is 0.196. The molecule has 0 spiro atoms. The van der Waals surface area contributed by atoms with Crippen LogP contribution in [0.3, 0.4) is 0 Å². The predicted octanol–water partition coefficient (Wildman–Crippen LogP) is 1.77. The zero-order chi connectivity index (χ0) is 13.5. The van der Waals surface area contributed by atoms with Crippen LogP contribution in [0, 0.1) is 0 Å². The Morgan fingerprint density at radius 2 is 2.00 bits per heavy atom. The second-order valence-electron chi connectivity index (χ2n) is 4.20. The van der Waals surface area contributed by atoms with Gasteiger partial charge in [0.1, 0.15) is 6.33 Å². The highest BCUT2D eigenvalue weighted by Crippen LogP contribution is 2.17. The number of nitrogens with one attached hydrogen (secondary N) is 1. The van der Waals surface area contributed by atoms with Gasteiger partial charge in [0.05, 0.1) is 7.11 Å². The first-order chi connectivity index (χ1) is 9.33. The van der Waals surface area contributed by atoms with Crippen LogP contribution in [-0.2, 0) is 6.42 Å². The molecule has 1 N–H and O–H groups in total. The molecule has 0 bridgehead atoms. The van der Waals surface area contributed by atoms with Crippen molar-refractivity contribution in [3.63, 3.8) is 0 Å². The maximum Gasteiger partial charge on any atom is 0.212 e. The summed E-state index contributed by atoms with van der Waals surface area (Å²) in [4.78, 5) is 12.4. The molecule has 0 aliphatic carbocycles. The third kappa shape index (κ3) is 3.72. The molecule has 1 unspecified atom stereocenters. The molecule has 5 heteroatoms. The summed E-state index contributed by atoms with van der Waals surface area (Å²) >= 11 is 0. The van der Waals surface area contributed by atoms with Crippen molar-refractivity contribution in [2.45, 2.75) is 19.4 Å². The largest absolute Gasteiger partial charge is 0.481 e.